The van der Waals surface area contributed by atoms with E-state index < -0.39 is 22.1 Å². The van der Waals surface area contributed by atoms with E-state index in [9.17, 15) is 18.0 Å². The van der Waals surface area contributed by atoms with Crippen LogP contribution in [0.5, 0.6) is 0 Å². The van der Waals surface area contributed by atoms with Crippen molar-refractivity contribution in [3.05, 3.63) is 29.3 Å². The van der Waals surface area contributed by atoms with E-state index in [0.717, 1.165) is 25.7 Å². The minimum absolute atomic E-state index is 0.0715. The van der Waals surface area contributed by atoms with Crippen LogP contribution in [-0.2, 0) is 19.6 Å². The summed E-state index contributed by atoms with van der Waals surface area (Å²) in [6.45, 7) is 5.25. The molecule has 1 saturated carbocycles. The van der Waals surface area contributed by atoms with Gasteiger partial charge in [0.1, 0.15) is 0 Å². The Morgan fingerprint density at radius 3 is 2.54 bits per heavy atom. The molecule has 1 amide bonds. The number of hydrogen-bond donors (Lipinski definition) is 2. The molecule has 26 heavy (non-hydrogen) atoms. The third kappa shape index (κ3) is 5.04. The van der Waals surface area contributed by atoms with Crippen molar-refractivity contribution < 1.29 is 22.7 Å². The Hall–Kier alpha value is -1.93. The van der Waals surface area contributed by atoms with Gasteiger partial charge in [-0.2, -0.15) is 0 Å². The van der Waals surface area contributed by atoms with Gasteiger partial charge in [-0.25, -0.2) is 18.4 Å². The lowest BCUT2D eigenvalue weighted by Crippen LogP contribution is -2.46. The maximum atomic E-state index is 12.4. The minimum atomic E-state index is -3.93. The van der Waals surface area contributed by atoms with Gasteiger partial charge in [-0.1, -0.05) is 25.8 Å². The number of esters is 1. The van der Waals surface area contributed by atoms with Crippen molar-refractivity contribution in [2.24, 2.45) is 11.1 Å². The smallest absolute Gasteiger partial charge is 0.339 e. The molecule has 3 atom stereocenters. The molecular formula is C18H26N2O5S. The molecule has 144 valence electrons. The lowest BCUT2D eigenvalue weighted by atomic mass is 9.86. The van der Waals surface area contributed by atoms with Crippen LogP contribution in [0.2, 0.25) is 0 Å². The SMILES string of the molecule is Cc1ccc(S(N)(=O)=O)cc1C(=O)OC(C)C(=O)NC1CCCCC1C. The third-order valence-electron chi connectivity index (χ3n) is 4.85. The fourth-order valence-electron chi connectivity index (χ4n) is 3.11. The molecule has 7 nitrogen and oxygen atoms in total. The van der Waals surface area contributed by atoms with E-state index in [-0.39, 0.29) is 22.4 Å². The van der Waals surface area contributed by atoms with Gasteiger partial charge in [-0.05, 0) is 50.3 Å². The van der Waals surface area contributed by atoms with Crippen molar-refractivity contribution in [2.75, 3.05) is 0 Å². The molecule has 1 fully saturated rings. The van der Waals surface area contributed by atoms with Gasteiger partial charge in [0.15, 0.2) is 6.10 Å². The molecule has 8 heteroatoms. The van der Waals surface area contributed by atoms with Crippen molar-refractivity contribution in [3.63, 3.8) is 0 Å². The van der Waals surface area contributed by atoms with Crippen molar-refractivity contribution in [3.8, 4) is 0 Å². The Morgan fingerprint density at radius 1 is 1.27 bits per heavy atom. The summed E-state index contributed by atoms with van der Waals surface area (Å²) in [6, 6.07) is 4.05. The number of sulfonamides is 1. The molecule has 0 aromatic heterocycles. The number of nitrogens with two attached hydrogens (primary N) is 1. The molecule has 0 aliphatic heterocycles. The number of nitrogens with one attached hydrogen (secondary N) is 1. The summed E-state index contributed by atoms with van der Waals surface area (Å²) >= 11 is 0. The van der Waals surface area contributed by atoms with E-state index in [0.29, 0.717) is 11.5 Å². The Labute approximate surface area is 154 Å². The number of primary sulfonamides is 1. The zero-order valence-electron chi connectivity index (χ0n) is 15.3. The molecule has 3 unspecified atom stereocenters. The van der Waals surface area contributed by atoms with Crippen LogP contribution in [0, 0.1) is 12.8 Å². The van der Waals surface area contributed by atoms with Crippen molar-refractivity contribution in [1.29, 1.82) is 0 Å². The molecule has 2 rings (SSSR count). The molecule has 0 bridgehead atoms. The predicted molar refractivity (Wildman–Crippen MR) is 97.0 cm³/mol. The standard InChI is InChI=1S/C18H26N2O5S/c1-11-8-9-14(26(19,23)24)10-15(11)18(22)25-13(3)17(21)20-16-7-5-4-6-12(16)2/h8-10,12-13,16H,4-7H2,1-3H3,(H,20,21)(H2,19,23,24). The summed E-state index contributed by atoms with van der Waals surface area (Å²) in [4.78, 5) is 24.5. The highest BCUT2D eigenvalue weighted by Crippen LogP contribution is 2.24. The van der Waals surface area contributed by atoms with E-state index in [2.05, 4.69) is 12.2 Å². The number of benzene rings is 1. The summed E-state index contributed by atoms with van der Waals surface area (Å²) < 4.78 is 28.2. The Balaban J connectivity index is 2.05. The molecular weight excluding hydrogens is 356 g/mol. The van der Waals surface area contributed by atoms with Gasteiger partial charge in [0.2, 0.25) is 10.0 Å². The summed E-state index contributed by atoms with van der Waals surface area (Å²) in [7, 11) is -3.93. The lowest BCUT2D eigenvalue weighted by molar-refractivity contribution is -0.130. The highest BCUT2D eigenvalue weighted by atomic mass is 32.2. The Bertz CT molecular complexity index is 791. The van der Waals surface area contributed by atoms with E-state index in [1.807, 2.05) is 0 Å². The molecule has 0 radical (unpaired) electrons. The van der Waals surface area contributed by atoms with Gasteiger partial charge >= 0.3 is 5.97 Å². The van der Waals surface area contributed by atoms with Gasteiger partial charge in [-0.3, -0.25) is 4.79 Å². The van der Waals surface area contributed by atoms with Crippen LogP contribution in [0.4, 0.5) is 0 Å². The monoisotopic (exact) mass is 382 g/mol. The zero-order chi connectivity index (χ0) is 19.5. The van der Waals surface area contributed by atoms with Crippen LogP contribution in [0.1, 0.15) is 55.5 Å². The molecule has 1 aromatic carbocycles. The molecule has 0 spiro atoms. The number of rotatable bonds is 5. The number of carbonyl (C=O) groups is 2. The van der Waals surface area contributed by atoms with Crippen LogP contribution >= 0.6 is 0 Å². The van der Waals surface area contributed by atoms with Gasteiger partial charge in [0.05, 0.1) is 10.5 Å². The average Bonchev–Trinajstić information content (AvgIpc) is 2.56. The molecule has 1 aliphatic rings. The normalized spacial score (nSPS) is 21.7. The van der Waals surface area contributed by atoms with Crippen LogP contribution in [0.3, 0.4) is 0 Å². The van der Waals surface area contributed by atoms with Gasteiger partial charge in [-0.15, -0.1) is 0 Å². The quantitative estimate of drug-likeness (QED) is 0.755. The summed E-state index contributed by atoms with van der Waals surface area (Å²) in [5.41, 5.74) is 0.609. The third-order valence-corrected chi connectivity index (χ3v) is 5.76. The van der Waals surface area contributed by atoms with Crippen LogP contribution in [0.25, 0.3) is 0 Å². The predicted octanol–water partition coefficient (Wildman–Crippen LogP) is 1.88. The van der Waals surface area contributed by atoms with E-state index in [4.69, 9.17) is 9.88 Å². The fraction of sp³-hybridized carbons (Fsp3) is 0.556. The summed E-state index contributed by atoms with van der Waals surface area (Å²) in [5.74, 6) is -0.714. The van der Waals surface area contributed by atoms with Gasteiger partial charge < -0.3 is 10.1 Å². The van der Waals surface area contributed by atoms with E-state index >= 15 is 0 Å². The van der Waals surface area contributed by atoms with Crippen molar-refractivity contribution >= 4 is 21.9 Å². The minimum Gasteiger partial charge on any atom is -0.449 e. The second kappa shape index (κ2) is 8.18. The summed E-state index contributed by atoms with van der Waals surface area (Å²) in [5, 5.41) is 8.04. The molecule has 1 aromatic rings. The number of hydrogen-bond acceptors (Lipinski definition) is 5. The maximum Gasteiger partial charge on any atom is 0.339 e. The number of carbonyl (C=O) groups excluding carboxylic acids is 2. The lowest BCUT2D eigenvalue weighted by Gasteiger charge is -2.30. The topological polar surface area (TPSA) is 116 Å². The van der Waals surface area contributed by atoms with Crippen LogP contribution in [-0.4, -0.2) is 32.4 Å². The molecule has 3 N–H and O–H groups in total. The van der Waals surface area contributed by atoms with E-state index in [1.165, 1.54) is 25.1 Å². The second-order valence-corrected chi connectivity index (χ2v) is 8.51. The first kappa shape index (κ1) is 20.4. The molecule has 0 heterocycles. The van der Waals surface area contributed by atoms with Gasteiger partial charge in [0, 0.05) is 6.04 Å². The fourth-order valence-corrected chi connectivity index (χ4v) is 3.65. The first-order valence-corrected chi connectivity index (χ1v) is 10.3. The van der Waals surface area contributed by atoms with Crippen LogP contribution in [0.15, 0.2) is 23.1 Å². The first-order chi connectivity index (χ1) is 12.1. The highest BCUT2D eigenvalue weighted by Gasteiger charge is 2.27. The number of amides is 1. The van der Waals surface area contributed by atoms with Gasteiger partial charge in [0.25, 0.3) is 5.91 Å². The average molecular weight is 382 g/mol. The highest BCUT2D eigenvalue weighted by molar-refractivity contribution is 7.89. The first-order valence-electron chi connectivity index (χ1n) is 8.74. The van der Waals surface area contributed by atoms with E-state index in [1.54, 1.807) is 6.92 Å². The zero-order valence-corrected chi connectivity index (χ0v) is 16.1. The largest absolute Gasteiger partial charge is 0.449 e. The second-order valence-electron chi connectivity index (χ2n) is 6.95. The van der Waals surface area contributed by atoms with Crippen LogP contribution < -0.4 is 10.5 Å². The Morgan fingerprint density at radius 2 is 1.92 bits per heavy atom. The summed E-state index contributed by atoms with van der Waals surface area (Å²) in [6.07, 6.45) is 3.25. The number of aryl methyl sites for hydroxylation is 1. The molecule has 1 aliphatic carbocycles. The Kier molecular flexibility index (Phi) is 6.41. The molecule has 0 saturated heterocycles. The number of ether oxygens (including phenoxy) is 1. The van der Waals surface area contributed by atoms with Crippen molar-refractivity contribution in [2.45, 2.75) is 63.5 Å². The maximum absolute atomic E-state index is 12.4. The van der Waals surface area contributed by atoms with Crippen molar-refractivity contribution in [1.82, 2.24) is 5.32 Å².